The van der Waals surface area contributed by atoms with Crippen molar-refractivity contribution in [2.75, 3.05) is 12.3 Å². The Balaban J connectivity index is 0.863. The van der Waals surface area contributed by atoms with E-state index in [2.05, 4.69) is 34.7 Å². The number of imide groups is 2. The van der Waals surface area contributed by atoms with Gasteiger partial charge in [0.15, 0.2) is 5.82 Å². The lowest BCUT2D eigenvalue weighted by Gasteiger charge is -2.27. The quantitative estimate of drug-likeness (QED) is 0.0799. The van der Waals surface area contributed by atoms with Gasteiger partial charge in [0.2, 0.25) is 17.7 Å². The second-order valence-corrected chi connectivity index (χ2v) is 16.8. The molecule has 2 aromatic carbocycles. The lowest BCUT2D eigenvalue weighted by atomic mass is 9.99. The zero-order valence-electron chi connectivity index (χ0n) is 30.9. The van der Waals surface area contributed by atoms with Gasteiger partial charge in [0, 0.05) is 38.9 Å². The fourth-order valence-corrected chi connectivity index (χ4v) is 9.75. The normalized spacial score (nSPS) is 17.7. The lowest BCUT2D eigenvalue weighted by molar-refractivity contribution is -0.136. The highest BCUT2D eigenvalue weighted by atomic mass is 35.5. The summed E-state index contributed by atoms with van der Waals surface area (Å²) >= 11 is 9.45. The molecular weight excluding hydrogens is 758 g/mol. The van der Waals surface area contributed by atoms with E-state index >= 15 is 0 Å². The maximum Gasteiger partial charge on any atom is 0.263 e. The number of benzene rings is 2. The summed E-state index contributed by atoms with van der Waals surface area (Å²) < 4.78 is 2.05. The summed E-state index contributed by atoms with van der Waals surface area (Å²) in [5, 5.41) is 15.9. The van der Waals surface area contributed by atoms with Crippen LogP contribution in [0.25, 0.3) is 5.00 Å². The molecule has 7 rings (SSSR count). The van der Waals surface area contributed by atoms with Gasteiger partial charge in [-0.2, -0.15) is 0 Å². The van der Waals surface area contributed by atoms with Gasteiger partial charge in [-0.25, -0.2) is 0 Å². The van der Waals surface area contributed by atoms with Crippen LogP contribution in [0.5, 0.6) is 0 Å². The van der Waals surface area contributed by atoms with Crippen LogP contribution in [0.1, 0.15) is 118 Å². The zero-order chi connectivity index (χ0) is 38.8. The first-order valence-electron chi connectivity index (χ1n) is 18.6. The largest absolute Gasteiger partial charge is 0.356 e. The Hall–Kier alpha value is -4.66. The molecule has 5 amide bonds. The van der Waals surface area contributed by atoms with Crippen molar-refractivity contribution in [3.05, 3.63) is 91.8 Å². The first-order valence-corrected chi connectivity index (χ1v) is 20.8. The third-order valence-electron chi connectivity index (χ3n) is 10.3. The second-order valence-electron chi connectivity index (χ2n) is 14.1. The number of carbonyl (C=O) groups is 5. The molecule has 3 aliphatic heterocycles. The molecule has 0 saturated carbocycles. The number of thiophene rings is 1. The third kappa shape index (κ3) is 7.90. The molecule has 12 nitrogen and oxygen atoms in total. The smallest absolute Gasteiger partial charge is 0.263 e. The second kappa shape index (κ2) is 16.6. The number of nitrogens with zero attached hydrogens (tertiary/aromatic N) is 5. The first-order chi connectivity index (χ1) is 26.5. The molecule has 5 heterocycles. The van der Waals surface area contributed by atoms with Crippen LogP contribution >= 0.6 is 34.7 Å². The molecule has 0 radical (unpaired) electrons. The number of carbonyl (C=O) groups excluding carboxylic acids is 5. The molecule has 2 N–H and O–H groups in total. The van der Waals surface area contributed by atoms with Crippen molar-refractivity contribution in [1.29, 1.82) is 0 Å². The van der Waals surface area contributed by atoms with Gasteiger partial charge in [0.05, 0.1) is 23.3 Å². The van der Waals surface area contributed by atoms with Crippen LogP contribution in [0.4, 0.5) is 0 Å². The predicted octanol–water partition coefficient (Wildman–Crippen LogP) is 6.84. The third-order valence-corrected chi connectivity index (χ3v) is 12.9. The maximum atomic E-state index is 13.3. The number of nitrogens with one attached hydrogen (secondary N) is 2. The zero-order valence-corrected chi connectivity index (χ0v) is 33.3. The summed E-state index contributed by atoms with van der Waals surface area (Å²) in [5.74, 6) is 0.138. The van der Waals surface area contributed by atoms with Gasteiger partial charge in [0.1, 0.15) is 22.9 Å². The molecule has 4 aromatic rings. The number of hydrogen-bond acceptors (Lipinski definition) is 10. The summed E-state index contributed by atoms with van der Waals surface area (Å²) in [7, 11) is 0. The Bertz CT molecular complexity index is 2210. The van der Waals surface area contributed by atoms with E-state index in [9.17, 15) is 24.0 Å². The van der Waals surface area contributed by atoms with Crippen molar-refractivity contribution in [3.8, 4) is 5.00 Å². The van der Waals surface area contributed by atoms with Gasteiger partial charge in [0.25, 0.3) is 11.8 Å². The minimum absolute atomic E-state index is 0.0839. The number of aliphatic imine (C=N–C) groups is 1. The van der Waals surface area contributed by atoms with Gasteiger partial charge in [-0.15, -0.1) is 33.3 Å². The van der Waals surface area contributed by atoms with Crippen LogP contribution in [-0.4, -0.2) is 73.3 Å². The van der Waals surface area contributed by atoms with Crippen LogP contribution in [0.3, 0.4) is 0 Å². The molecule has 2 aromatic heterocycles. The van der Waals surface area contributed by atoms with Gasteiger partial charge in [-0.05, 0) is 75.6 Å². The molecule has 286 valence electrons. The Morgan fingerprint density at radius 1 is 0.945 bits per heavy atom. The van der Waals surface area contributed by atoms with Crippen LogP contribution in [0.2, 0.25) is 5.02 Å². The van der Waals surface area contributed by atoms with Gasteiger partial charge in [-0.3, -0.25) is 43.7 Å². The standard InChI is InChI=1S/C40H42ClN7O5S2/c1-22-23(2)55-40-33(22)35(25-13-15-26(41)16-14-25)43-28(36-46-45-24(3)47(36)40)21-32(50)42-19-8-6-4-5-7-9-20-54-30-12-10-11-27-34(30)39(53)48(38(27)52)29-17-18-31(49)44-37(29)51/h10-16,28-29H,4-9,17-21H2,1-3H3,(H,42,50)(H,44,49,51)/t28-,29?/m0/s1. The lowest BCUT2D eigenvalue weighted by Crippen LogP contribution is -2.54. The van der Waals surface area contributed by atoms with Crippen molar-refractivity contribution in [1.82, 2.24) is 30.3 Å². The number of amides is 5. The van der Waals surface area contributed by atoms with Crippen molar-refractivity contribution in [2.45, 2.75) is 95.5 Å². The summed E-state index contributed by atoms with van der Waals surface area (Å²) in [4.78, 5) is 71.9. The van der Waals surface area contributed by atoms with Crippen LogP contribution in [0.15, 0.2) is 52.4 Å². The minimum atomic E-state index is -0.975. The summed E-state index contributed by atoms with van der Waals surface area (Å²) in [6, 6.07) is 11.4. The highest BCUT2D eigenvalue weighted by Gasteiger charge is 2.45. The SMILES string of the molecule is Cc1sc2c(c1C)C(c1ccc(Cl)cc1)=N[C@@H](CC(=O)NCCCCCCCCSc1cccc3c1C(=O)N(C1CCC(=O)NC1=O)C3=O)c1nnc(C)n1-2. The van der Waals surface area contributed by atoms with Crippen molar-refractivity contribution in [3.63, 3.8) is 0 Å². The summed E-state index contributed by atoms with van der Waals surface area (Å²) in [6.07, 6.45) is 6.27. The molecule has 2 atom stereocenters. The fraction of sp³-hybridized carbons (Fsp3) is 0.400. The molecule has 0 spiro atoms. The highest BCUT2D eigenvalue weighted by Crippen LogP contribution is 2.40. The number of halogens is 1. The van der Waals surface area contributed by atoms with E-state index < -0.39 is 35.7 Å². The van der Waals surface area contributed by atoms with Crippen LogP contribution < -0.4 is 10.6 Å². The van der Waals surface area contributed by atoms with E-state index in [1.165, 1.54) is 4.88 Å². The molecule has 1 fully saturated rings. The molecule has 3 aliphatic rings. The fourth-order valence-electron chi connectivity index (χ4n) is 7.33. The molecule has 0 bridgehead atoms. The van der Waals surface area contributed by atoms with Gasteiger partial charge < -0.3 is 5.32 Å². The van der Waals surface area contributed by atoms with Crippen molar-refractivity contribution >= 4 is 69.9 Å². The number of rotatable bonds is 14. The van der Waals surface area contributed by atoms with E-state index in [0.717, 1.165) is 87.3 Å². The molecule has 15 heteroatoms. The van der Waals surface area contributed by atoms with E-state index in [-0.39, 0.29) is 25.2 Å². The van der Waals surface area contributed by atoms with E-state index in [1.807, 2.05) is 41.8 Å². The number of hydrogen-bond donors (Lipinski definition) is 2. The predicted molar refractivity (Wildman–Crippen MR) is 212 cm³/mol. The monoisotopic (exact) mass is 799 g/mol. The summed E-state index contributed by atoms with van der Waals surface area (Å²) in [6.45, 7) is 6.71. The Morgan fingerprint density at radius 2 is 1.69 bits per heavy atom. The molecule has 0 aliphatic carbocycles. The first kappa shape index (κ1) is 38.6. The number of piperidine rings is 1. The number of unbranched alkanes of at least 4 members (excludes halogenated alkanes) is 5. The van der Waals surface area contributed by atoms with Gasteiger partial charge >= 0.3 is 0 Å². The van der Waals surface area contributed by atoms with Crippen molar-refractivity contribution in [2.24, 2.45) is 4.99 Å². The molecular formula is C40H42ClN7O5S2. The number of fused-ring (bicyclic) bond motifs is 4. The minimum Gasteiger partial charge on any atom is -0.356 e. The number of thioether (sulfide) groups is 1. The molecule has 1 saturated heterocycles. The van der Waals surface area contributed by atoms with Gasteiger partial charge in [-0.1, -0.05) is 55.5 Å². The average Bonchev–Trinajstić information content (AvgIpc) is 3.74. The Labute approximate surface area is 332 Å². The summed E-state index contributed by atoms with van der Waals surface area (Å²) in [5.41, 5.74) is 4.57. The van der Waals surface area contributed by atoms with E-state index in [0.29, 0.717) is 28.5 Å². The number of aromatic nitrogens is 3. The Kier molecular flexibility index (Phi) is 11.7. The van der Waals surface area contributed by atoms with Crippen molar-refractivity contribution < 1.29 is 24.0 Å². The highest BCUT2D eigenvalue weighted by molar-refractivity contribution is 7.99. The Morgan fingerprint density at radius 3 is 2.45 bits per heavy atom. The molecule has 1 unspecified atom stereocenters. The van der Waals surface area contributed by atoms with Crippen LogP contribution in [-0.2, 0) is 14.4 Å². The maximum absolute atomic E-state index is 13.3. The topological polar surface area (TPSA) is 156 Å². The number of aryl methyl sites for hydroxylation is 2. The molecule has 55 heavy (non-hydrogen) atoms. The van der Waals surface area contributed by atoms with E-state index in [4.69, 9.17) is 16.6 Å². The van der Waals surface area contributed by atoms with E-state index in [1.54, 1.807) is 35.2 Å². The average molecular weight is 800 g/mol. The van der Waals surface area contributed by atoms with Crippen LogP contribution in [0, 0.1) is 20.8 Å².